The summed E-state index contributed by atoms with van der Waals surface area (Å²) in [6, 6.07) is 8.76. The molecule has 1 saturated carbocycles. The highest BCUT2D eigenvalue weighted by Crippen LogP contribution is 2.31. The van der Waals surface area contributed by atoms with Crippen LogP contribution in [0, 0.1) is 12.5 Å². The zero-order chi connectivity index (χ0) is 23.2. The molecule has 2 fully saturated rings. The summed E-state index contributed by atoms with van der Waals surface area (Å²) < 4.78 is 6.02. The van der Waals surface area contributed by atoms with E-state index in [0.29, 0.717) is 28.1 Å². The number of benzene rings is 1. The Morgan fingerprint density at radius 1 is 1.15 bits per heavy atom. The first-order valence-electron chi connectivity index (χ1n) is 11.4. The fraction of sp³-hybridized carbons (Fsp3) is 0.500. The fourth-order valence-corrected chi connectivity index (χ4v) is 4.60. The zero-order valence-corrected chi connectivity index (χ0v) is 19.2. The van der Waals surface area contributed by atoms with E-state index in [1.165, 1.54) is 0 Å². The molecule has 0 unspecified atom stereocenters. The molecular formula is C24H28ClN5O3. The minimum atomic E-state index is -0.209. The van der Waals surface area contributed by atoms with Gasteiger partial charge in [-0.05, 0) is 68.7 Å². The van der Waals surface area contributed by atoms with Crippen molar-refractivity contribution < 1.29 is 14.6 Å². The molecule has 2 N–H and O–H groups in total. The maximum atomic E-state index is 12.6. The van der Waals surface area contributed by atoms with Crippen molar-refractivity contribution in [3.8, 4) is 5.75 Å². The Morgan fingerprint density at radius 2 is 1.91 bits per heavy atom. The number of anilines is 1. The Kier molecular flexibility index (Phi) is 7.63. The van der Waals surface area contributed by atoms with Crippen molar-refractivity contribution >= 4 is 29.0 Å². The minimum Gasteiger partial charge on any atom is -0.490 e. The molecular weight excluding hydrogens is 442 g/mol. The van der Waals surface area contributed by atoms with Crippen molar-refractivity contribution in [2.45, 2.75) is 50.7 Å². The van der Waals surface area contributed by atoms with E-state index in [-0.39, 0.29) is 24.7 Å². The van der Waals surface area contributed by atoms with E-state index in [1.54, 1.807) is 24.3 Å². The summed E-state index contributed by atoms with van der Waals surface area (Å²) in [6.45, 7) is 8.98. The standard InChI is InChI=1S/C24H28ClN5O3/c1-26-21-7-6-19(14-20(21)25)33-18-4-2-17(3-5-18)27-24(32)22-8-9-23(29-28-22)30-12-10-16(15-31)11-13-30/h6-9,14,16-18,31H,2-5,10-13,15H2,(H,27,32). The molecule has 9 heteroatoms. The number of hydrogen-bond donors (Lipinski definition) is 2. The number of aromatic nitrogens is 2. The van der Waals surface area contributed by atoms with Gasteiger partial charge in [-0.3, -0.25) is 4.79 Å². The number of amides is 1. The predicted molar refractivity (Wildman–Crippen MR) is 126 cm³/mol. The van der Waals surface area contributed by atoms with Crippen LogP contribution >= 0.6 is 11.6 Å². The third kappa shape index (κ3) is 5.92. The molecule has 2 aromatic rings. The van der Waals surface area contributed by atoms with Gasteiger partial charge >= 0.3 is 0 Å². The number of piperidine rings is 1. The van der Waals surface area contributed by atoms with Crippen molar-refractivity contribution in [2.75, 3.05) is 24.6 Å². The van der Waals surface area contributed by atoms with Crippen LogP contribution < -0.4 is 15.0 Å². The average Bonchev–Trinajstić information content (AvgIpc) is 2.85. The molecule has 2 heterocycles. The summed E-state index contributed by atoms with van der Waals surface area (Å²) in [4.78, 5) is 18.1. The van der Waals surface area contributed by atoms with Gasteiger partial charge < -0.3 is 20.1 Å². The summed E-state index contributed by atoms with van der Waals surface area (Å²) in [6.07, 6.45) is 5.20. The van der Waals surface area contributed by atoms with Crippen LogP contribution in [0.5, 0.6) is 5.75 Å². The van der Waals surface area contributed by atoms with Gasteiger partial charge in [-0.25, -0.2) is 4.85 Å². The van der Waals surface area contributed by atoms with Crippen molar-refractivity contribution in [3.63, 3.8) is 0 Å². The van der Waals surface area contributed by atoms with E-state index in [2.05, 4.69) is 25.3 Å². The number of carbonyl (C=O) groups excluding carboxylic acids is 1. The first-order valence-corrected chi connectivity index (χ1v) is 11.8. The van der Waals surface area contributed by atoms with Crippen molar-refractivity contribution in [1.82, 2.24) is 15.5 Å². The molecule has 174 valence electrons. The van der Waals surface area contributed by atoms with Gasteiger partial charge in [-0.15, -0.1) is 10.2 Å². The number of carbonyl (C=O) groups is 1. The van der Waals surface area contributed by atoms with Crippen LogP contribution in [0.2, 0.25) is 5.02 Å². The zero-order valence-electron chi connectivity index (χ0n) is 18.4. The van der Waals surface area contributed by atoms with Crippen LogP contribution in [-0.4, -0.2) is 53.1 Å². The second-order valence-electron chi connectivity index (χ2n) is 8.68. The van der Waals surface area contributed by atoms with Gasteiger partial charge in [0.15, 0.2) is 11.5 Å². The quantitative estimate of drug-likeness (QED) is 0.621. The largest absolute Gasteiger partial charge is 0.490 e. The Balaban J connectivity index is 1.24. The first kappa shape index (κ1) is 23.3. The molecule has 0 atom stereocenters. The summed E-state index contributed by atoms with van der Waals surface area (Å²) in [5, 5.41) is 21.1. The second kappa shape index (κ2) is 10.8. The molecule has 1 aliphatic heterocycles. The highest BCUT2D eigenvalue weighted by molar-refractivity contribution is 6.33. The van der Waals surface area contributed by atoms with Crippen molar-refractivity contribution in [3.05, 3.63) is 52.5 Å². The van der Waals surface area contributed by atoms with Gasteiger partial charge in [0.25, 0.3) is 5.91 Å². The Morgan fingerprint density at radius 3 is 2.52 bits per heavy atom. The second-order valence-corrected chi connectivity index (χ2v) is 9.09. The summed E-state index contributed by atoms with van der Waals surface area (Å²) >= 11 is 6.09. The summed E-state index contributed by atoms with van der Waals surface area (Å²) in [5.74, 6) is 1.59. The van der Waals surface area contributed by atoms with Gasteiger partial charge in [0.2, 0.25) is 5.69 Å². The highest BCUT2D eigenvalue weighted by Gasteiger charge is 2.25. The third-order valence-corrected chi connectivity index (χ3v) is 6.73. The number of nitrogens with zero attached hydrogens (tertiary/aromatic N) is 4. The molecule has 1 aliphatic carbocycles. The lowest BCUT2D eigenvalue weighted by atomic mass is 9.93. The minimum absolute atomic E-state index is 0.0575. The predicted octanol–water partition coefficient (Wildman–Crippen LogP) is 4.01. The fourth-order valence-electron chi connectivity index (χ4n) is 4.39. The summed E-state index contributed by atoms with van der Waals surface area (Å²) in [7, 11) is 0. The number of halogens is 1. The number of nitrogens with one attached hydrogen (secondary N) is 1. The molecule has 0 spiro atoms. The van der Waals surface area contributed by atoms with E-state index in [4.69, 9.17) is 22.9 Å². The topological polar surface area (TPSA) is 91.9 Å². The first-order chi connectivity index (χ1) is 16.1. The van der Waals surface area contributed by atoms with Gasteiger partial charge in [-0.1, -0.05) is 17.7 Å². The van der Waals surface area contributed by atoms with Gasteiger partial charge in [-0.2, -0.15) is 0 Å². The maximum absolute atomic E-state index is 12.6. The molecule has 0 bridgehead atoms. The van der Waals surface area contributed by atoms with Crippen LogP contribution in [0.15, 0.2) is 30.3 Å². The number of hydrogen-bond acceptors (Lipinski definition) is 6. The number of ether oxygens (including phenoxy) is 1. The Labute approximate surface area is 198 Å². The number of aliphatic hydroxyl groups is 1. The van der Waals surface area contributed by atoms with Crippen LogP contribution in [0.4, 0.5) is 11.5 Å². The van der Waals surface area contributed by atoms with Gasteiger partial charge in [0.1, 0.15) is 5.75 Å². The number of aliphatic hydroxyl groups excluding tert-OH is 1. The average molecular weight is 470 g/mol. The van der Waals surface area contributed by atoms with E-state index < -0.39 is 0 Å². The van der Waals surface area contributed by atoms with Gasteiger partial charge in [0, 0.05) is 25.7 Å². The molecule has 2 aliphatic rings. The molecule has 1 aromatic carbocycles. The van der Waals surface area contributed by atoms with Crippen LogP contribution in [0.25, 0.3) is 4.85 Å². The van der Waals surface area contributed by atoms with Crippen LogP contribution in [-0.2, 0) is 0 Å². The highest BCUT2D eigenvalue weighted by atomic mass is 35.5. The van der Waals surface area contributed by atoms with E-state index >= 15 is 0 Å². The smallest absolute Gasteiger partial charge is 0.272 e. The SMILES string of the molecule is [C-]#[N+]c1ccc(OC2CCC(NC(=O)c3ccc(N4CCC(CO)CC4)nn3)CC2)cc1Cl. The molecule has 8 nitrogen and oxygen atoms in total. The molecule has 4 rings (SSSR count). The van der Waals surface area contributed by atoms with E-state index in [9.17, 15) is 9.90 Å². The van der Waals surface area contributed by atoms with Crippen LogP contribution in [0.1, 0.15) is 49.0 Å². The molecule has 1 saturated heterocycles. The normalized spacial score (nSPS) is 21.3. The molecule has 1 aromatic heterocycles. The molecule has 33 heavy (non-hydrogen) atoms. The summed E-state index contributed by atoms with van der Waals surface area (Å²) in [5.41, 5.74) is 0.731. The lowest BCUT2D eigenvalue weighted by Crippen LogP contribution is -2.40. The molecule has 0 radical (unpaired) electrons. The number of rotatable bonds is 6. The van der Waals surface area contributed by atoms with E-state index in [0.717, 1.165) is 57.4 Å². The van der Waals surface area contributed by atoms with E-state index in [1.807, 2.05) is 6.07 Å². The monoisotopic (exact) mass is 469 g/mol. The Hall–Kier alpha value is -2.89. The lowest BCUT2D eigenvalue weighted by molar-refractivity contribution is 0.0888. The molecule has 1 amide bonds. The van der Waals surface area contributed by atoms with Crippen LogP contribution in [0.3, 0.4) is 0 Å². The maximum Gasteiger partial charge on any atom is 0.272 e. The van der Waals surface area contributed by atoms with Crippen molar-refractivity contribution in [1.29, 1.82) is 0 Å². The van der Waals surface area contributed by atoms with Crippen molar-refractivity contribution in [2.24, 2.45) is 5.92 Å². The third-order valence-electron chi connectivity index (χ3n) is 6.43. The Bertz CT molecular complexity index is 994. The lowest BCUT2D eigenvalue weighted by Gasteiger charge is -2.31. The van der Waals surface area contributed by atoms with Gasteiger partial charge in [0.05, 0.1) is 17.7 Å².